The highest BCUT2D eigenvalue weighted by molar-refractivity contribution is 7.47. The summed E-state index contributed by atoms with van der Waals surface area (Å²) in [6.45, 7) is 3.19. The standard InChI is InChI=1S/C35H53N6O9P/c1-3-4-5-6-7-8-9-10-11-12-13-14-19-46-22-27(49-30-20-26(21-36)17-18-38-30)23-47-51(44,45)48-24-35(2)33(43)31(42)32(50-35)28-15-16-29-34(37)39-25-40-41(28)29/h15-18,20,25,27,31-33,42-43H,3-14,19,22-24H2,1-2H3,(H,44,45)(H2,37,39,40)/t27-,31+,32+,33+,35-/m1/s1. The number of ether oxygens (including phenoxy) is 3. The number of nitrogens with two attached hydrogens (primary N) is 1. The Morgan fingerprint density at radius 1 is 1.02 bits per heavy atom. The van der Waals surface area contributed by atoms with Crippen LogP contribution in [0.1, 0.15) is 108 Å². The quantitative estimate of drug-likeness (QED) is 0.0667. The van der Waals surface area contributed by atoms with Crippen molar-refractivity contribution in [1.29, 1.82) is 5.26 Å². The van der Waals surface area contributed by atoms with Gasteiger partial charge in [0.15, 0.2) is 5.82 Å². The van der Waals surface area contributed by atoms with E-state index in [1.54, 1.807) is 12.1 Å². The smallest absolute Gasteiger partial charge is 0.469 e. The van der Waals surface area contributed by atoms with Crippen LogP contribution in [0.3, 0.4) is 0 Å². The summed E-state index contributed by atoms with van der Waals surface area (Å²) in [7, 11) is -4.73. The lowest BCUT2D eigenvalue weighted by Crippen LogP contribution is -2.44. The lowest BCUT2D eigenvalue weighted by molar-refractivity contribution is -0.100. The van der Waals surface area contributed by atoms with Crippen molar-refractivity contribution in [3.8, 4) is 11.9 Å². The van der Waals surface area contributed by atoms with Crippen molar-refractivity contribution < 1.29 is 42.9 Å². The van der Waals surface area contributed by atoms with Gasteiger partial charge in [0.25, 0.3) is 0 Å². The van der Waals surface area contributed by atoms with Gasteiger partial charge in [-0.1, -0.05) is 77.6 Å². The topological polar surface area (TPSA) is 217 Å². The number of hydrogen-bond acceptors (Lipinski definition) is 13. The summed E-state index contributed by atoms with van der Waals surface area (Å²) in [5.74, 6) is 0.351. The van der Waals surface area contributed by atoms with Crippen LogP contribution in [0.25, 0.3) is 5.52 Å². The fraction of sp³-hybridized carbons (Fsp3) is 0.657. The average molecular weight is 733 g/mol. The number of aliphatic hydroxyl groups excluding tert-OH is 2. The zero-order valence-corrected chi connectivity index (χ0v) is 30.5. The number of aliphatic hydroxyl groups is 2. The molecule has 4 heterocycles. The molecule has 0 aliphatic carbocycles. The van der Waals surface area contributed by atoms with Gasteiger partial charge in [-0.25, -0.2) is 19.0 Å². The second kappa shape index (κ2) is 20.2. The van der Waals surface area contributed by atoms with Gasteiger partial charge in [-0.05, 0) is 31.5 Å². The second-order valence-electron chi connectivity index (χ2n) is 13.2. The maximum absolute atomic E-state index is 13.0. The zero-order valence-electron chi connectivity index (χ0n) is 29.6. The molecule has 15 nitrogen and oxygen atoms in total. The number of anilines is 1. The normalized spacial score (nSPS) is 22.2. The molecule has 1 aliphatic rings. The van der Waals surface area contributed by atoms with Crippen LogP contribution in [0, 0.1) is 11.3 Å². The minimum Gasteiger partial charge on any atom is -0.469 e. The molecule has 0 aromatic carbocycles. The molecule has 1 unspecified atom stereocenters. The van der Waals surface area contributed by atoms with E-state index in [0.29, 0.717) is 23.4 Å². The van der Waals surface area contributed by atoms with E-state index >= 15 is 0 Å². The number of nitrogens with zero attached hydrogens (tertiary/aromatic N) is 5. The minimum absolute atomic E-state index is 0.0310. The molecule has 3 aromatic rings. The molecule has 0 bridgehead atoms. The Hall–Kier alpha value is -3.19. The average Bonchev–Trinajstić information content (AvgIpc) is 3.65. The van der Waals surface area contributed by atoms with Crippen LogP contribution < -0.4 is 10.5 Å². The van der Waals surface area contributed by atoms with Gasteiger partial charge in [0, 0.05) is 18.9 Å². The van der Waals surface area contributed by atoms with Crippen molar-refractivity contribution in [2.24, 2.45) is 0 Å². The summed E-state index contributed by atoms with van der Waals surface area (Å²) in [6, 6.07) is 8.29. The molecule has 1 aliphatic heterocycles. The first-order chi connectivity index (χ1) is 24.6. The molecule has 3 aromatic heterocycles. The molecule has 0 radical (unpaired) electrons. The third-order valence-corrected chi connectivity index (χ3v) is 9.92. The molecule has 0 saturated carbocycles. The van der Waals surface area contributed by atoms with Crippen molar-refractivity contribution in [3.05, 3.63) is 48.0 Å². The van der Waals surface area contributed by atoms with E-state index < -0.39 is 51.1 Å². The summed E-state index contributed by atoms with van der Waals surface area (Å²) < 4.78 is 42.7. The van der Waals surface area contributed by atoms with Crippen molar-refractivity contribution in [2.75, 3.05) is 32.2 Å². The van der Waals surface area contributed by atoms with Gasteiger partial charge in [-0.15, -0.1) is 0 Å². The fourth-order valence-corrected chi connectivity index (χ4v) is 6.86. The first-order valence-corrected chi connectivity index (χ1v) is 19.4. The molecule has 6 atom stereocenters. The third-order valence-electron chi connectivity index (χ3n) is 8.99. The second-order valence-corrected chi connectivity index (χ2v) is 14.7. The highest BCUT2D eigenvalue weighted by Crippen LogP contribution is 2.47. The highest BCUT2D eigenvalue weighted by Gasteiger charge is 2.53. The lowest BCUT2D eigenvalue weighted by Gasteiger charge is -2.28. The molecule has 1 fully saturated rings. The number of unbranched alkanes of at least 4 members (excludes halogenated alkanes) is 11. The Balaban J connectivity index is 1.24. The molecular weight excluding hydrogens is 679 g/mol. The monoisotopic (exact) mass is 732 g/mol. The number of pyridine rings is 1. The number of fused-ring (bicyclic) bond motifs is 1. The van der Waals surface area contributed by atoms with Crippen LogP contribution in [0.15, 0.2) is 36.8 Å². The number of nitriles is 1. The van der Waals surface area contributed by atoms with Gasteiger partial charge in [-0.3, -0.25) is 9.05 Å². The van der Waals surface area contributed by atoms with Crippen LogP contribution in [0.4, 0.5) is 5.82 Å². The predicted molar refractivity (Wildman–Crippen MR) is 189 cm³/mol. The zero-order chi connectivity index (χ0) is 36.7. The molecule has 282 valence electrons. The molecule has 4 rings (SSSR count). The van der Waals surface area contributed by atoms with Crippen LogP contribution in [0.2, 0.25) is 0 Å². The molecule has 1 saturated heterocycles. The minimum atomic E-state index is -4.73. The number of phosphoric acid groups is 1. The van der Waals surface area contributed by atoms with E-state index in [4.69, 9.17) is 29.0 Å². The van der Waals surface area contributed by atoms with Crippen LogP contribution in [-0.4, -0.2) is 85.0 Å². The maximum atomic E-state index is 13.0. The Morgan fingerprint density at radius 3 is 2.39 bits per heavy atom. The first kappa shape index (κ1) is 40.6. The number of nitrogen functional groups attached to an aromatic ring is 1. The van der Waals surface area contributed by atoms with Crippen LogP contribution >= 0.6 is 7.82 Å². The molecule has 0 amide bonds. The van der Waals surface area contributed by atoms with Gasteiger partial charge in [0.05, 0.1) is 37.1 Å². The van der Waals surface area contributed by atoms with E-state index in [0.717, 1.165) is 19.3 Å². The van der Waals surface area contributed by atoms with Gasteiger partial charge in [0.1, 0.15) is 41.9 Å². The van der Waals surface area contributed by atoms with E-state index in [9.17, 15) is 24.9 Å². The van der Waals surface area contributed by atoms with E-state index in [1.807, 2.05) is 6.07 Å². The molecule has 16 heteroatoms. The van der Waals surface area contributed by atoms with Crippen molar-refractivity contribution in [2.45, 2.75) is 121 Å². The summed E-state index contributed by atoms with van der Waals surface area (Å²) in [5.41, 5.74) is 5.54. The SMILES string of the molecule is CCCCCCCCCCCCCCOC[C@H](COP(=O)(O)OC[C@@]1(C)O[C@@H](c2ccc3c(N)ncnn23)[C@H](O)[C@@H]1O)Oc1cc(C#N)ccn1. The van der Waals surface area contributed by atoms with Gasteiger partial charge >= 0.3 is 7.82 Å². The third kappa shape index (κ3) is 12.2. The van der Waals surface area contributed by atoms with Gasteiger partial charge < -0.3 is 35.1 Å². The number of hydrogen-bond donors (Lipinski definition) is 4. The molecule has 5 N–H and O–H groups in total. The number of rotatable bonds is 24. The number of aromatic nitrogens is 4. The van der Waals surface area contributed by atoms with Crippen LogP contribution in [-0.2, 0) is 23.1 Å². The summed E-state index contributed by atoms with van der Waals surface area (Å²) in [4.78, 5) is 18.6. The van der Waals surface area contributed by atoms with E-state index in [2.05, 4.69) is 22.0 Å². The molecular formula is C35H53N6O9P. The van der Waals surface area contributed by atoms with Crippen molar-refractivity contribution in [3.63, 3.8) is 0 Å². The maximum Gasteiger partial charge on any atom is 0.472 e. The van der Waals surface area contributed by atoms with Crippen molar-refractivity contribution >= 4 is 19.2 Å². The summed E-state index contributed by atoms with van der Waals surface area (Å²) >= 11 is 0. The summed E-state index contributed by atoms with van der Waals surface area (Å²) in [6.07, 6.45) is 12.6. The van der Waals surface area contributed by atoms with E-state index in [-0.39, 0.29) is 18.3 Å². The largest absolute Gasteiger partial charge is 0.472 e. The number of phosphoric ester groups is 1. The fourth-order valence-electron chi connectivity index (χ4n) is 6.01. The lowest BCUT2D eigenvalue weighted by atomic mass is 9.97. The van der Waals surface area contributed by atoms with Crippen LogP contribution in [0.5, 0.6) is 5.88 Å². The first-order valence-electron chi connectivity index (χ1n) is 17.9. The van der Waals surface area contributed by atoms with Gasteiger partial charge in [0.2, 0.25) is 5.88 Å². The Kier molecular flexibility index (Phi) is 16.0. The summed E-state index contributed by atoms with van der Waals surface area (Å²) in [5, 5.41) is 35.2. The molecule has 0 spiro atoms. The van der Waals surface area contributed by atoms with Crippen molar-refractivity contribution in [1.82, 2.24) is 19.6 Å². The molecule has 51 heavy (non-hydrogen) atoms. The Bertz CT molecular complexity index is 1590. The highest BCUT2D eigenvalue weighted by atomic mass is 31.2. The Morgan fingerprint density at radius 2 is 1.71 bits per heavy atom. The Labute approximate surface area is 299 Å². The van der Waals surface area contributed by atoms with Gasteiger partial charge in [-0.2, -0.15) is 10.4 Å². The van der Waals surface area contributed by atoms with E-state index in [1.165, 1.54) is 93.9 Å². The predicted octanol–water partition coefficient (Wildman–Crippen LogP) is 5.43.